The van der Waals surface area contributed by atoms with Gasteiger partial charge < -0.3 is 11.1 Å². The third-order valence-corrected chi connectivity index (χ3v) is 3.45. The molecule has 0 heterocycles. The zero-order chi connectivity index (χ0) is 13.0. The number of nitrogens with two attached hydrogens (primary N) is 1. The fourth-order valence-corrected chi connectivity index (χ4v) is 2.45. The van der Waals surface area contributed by atoms with Gasteiger partial charge in [0.15, 0.2) is 0 Å². The van der Waals surface area contributed by atoms with Crippen molar-refractivity contribution in [3.05, 3.63) is 28.3 Å². The van der Waals surface area contributed by atoms with Gasteiger partial charge in [-0.2, -0.15) is 0 Å². The number of nitro benzene ring substituents is 1. The summed E-state index contributed by atoms with van der Waals surface area (Å²) in [6, 6.07) is 5.36. The van der Waals surface area contributed by atoms with Crippen molar-refractivity contribution in [2.24, 2.45) is 0 Å². The van der Waals surface area contributed by atoms with Crippen molar-refractivity contribution in [1.82, 2.24) is 0 Å². The van der Waals surface area contributed by atoms with Gasteiger partial charge in [-0.15, -0.1) is 0 Å². The van der Waals surface area contributed by atoms with Crippen molar-refractivity contribution in [3.63, 3.8) is 0 Å². The van der Waals surface area contributed by atoms with E-state index in [2.05, 4.69) is 5.32 Å². The molecule has 2 rings (SSSR count). The molecule has 0 aliphatic heterocycles. The Hall–Kier alpha value is -1.78. The zero-order valence-corrected chi connectivity index (χ0v) is 10.4. The van der Waals surface area contributed by atoms with Gasteiger partial charge in [0.1, 0.15) is 5.69 Å². The molecule has 1 saturated carbocycles. The van der Waals surface area contributed by atoms with Crippen molar-refractivity contribution < 1.29 is 4.92 Å². The van der Waals surface area contributed by atoms with Crippen LogP contribution in [0, 0.1) is 10.1 Å². The van der Waals surface area contributed by atoms with Gasteiger partial charge in [0, 0.05) is 17.8 Å². The smallest absolute Gasteiger partial charge is 0.294 e. The minimum absolute atomic E-state index is 0.0198. The molecule has 0 saturated heterocycles. The fraction of sp³-hybridized carbons (Fsp3) is 0.538. The van der Waals surface area contributed by atoms with Crippen molar-refractivity contribution in [1.29, 1.82) is 0 Å². The lowest BCUT2D eigenvalue weighted by Crippen LogP contribution is -2.18. The van der Waals surface area contributed by atoms with Gasteiger partial charge in [-0.3, -0.25) is 10.1 Å². The van der Waals surface area contributed by atoms with E-state index < -0.39 is 4.92 Å². The van der Waals surface area contributed by atoms with Gasteiger partial charge in [-0.25, -0.2) is 0 Å². The van der Waals surface area contributed by atoms with Crippen LogP contribution in [0.25, 0.3) is 0 Å². The molecular weight excluding hydrogens is 230 g/mol. The third-order valence-electron chi connectivity index (χ3n) is 3.45. The Morgan fingerprint density at radius 3 is 2.50 bits per heavy atom. The summed E-state index contributed by atoms with van der Waals surface area (Å²) in [6.07, 6.45) is 7.32. The Kier molecular flexibility index (Phi) is 4.02. The maximum Gasteiger partial charge on any atom is 0.294 e. The van der Waals surface area contributed by atoms with Crippen LogP contribution in [0.1, 0.15) is 38.5 Å². The van der Waals surface area contributed by atoms with Crippen LogP contribution in [0.3, 0.4) is 0 Å². The third kappa shape index (κ3) is 3.12. The number of anilines is 2. The molecule has 98 valence electrons. The van der Waals surface area contributed by atoms with E-state index in [1.807, 2.05) is 6.07 Å². The van der Waals surface area contributed by atoms with Gasteiger partial charge >= 0.3 is 0 Å². The highest BCUT2D eigenvalue weighted by atomic mass is 16.6. The van der Waals surface area contributed by atoms with E-state index in [0.29, 0.717) is 6.04 Å². The quantitative estimate of drug-likeness (QED) is 0.372. The van der Waals surface area contributed by atoms with Crippen LogP contribution in [0.4, 0.5) is 17.1 Å². The molecule has 3 N–H and O–H groups in total. The first-order valence-corrected chi connectivity index (χ1v) is 6.47. The molecule has 5 nitrogen and oxygen atoms in total. The van der Waals surface area contributed by atoms with Crippen LogP contribution in [0.2, 0.25) is 0 Å². The molecule has 5 heteroatoms. The topological polar surface area (TPSA) is 81.2 Å². The second kappa shape index (κ2) is 5.71. The van der Waals surface area contributed by atoms with E-state index in [1.165, 1.54) is 31.7 Å². The molecule has 1 aliphatic carbocycles. The number of nitrogens with zero attached hydrogens (tertiary/aromatic N) is 1. The van der Waals surface area contributed by atoms with E-state index in [9.17, 15) is 10.1 Å². The summed E-state index contributed by atoms with van der Waals surface area (Å²) < 4.78 is 0. The van der Waals surface area contributed by atoms with Crippen LogP contribution in [-0.4, -0.2) is 11.0 Å². The molecule has 0 unspecified atom stereocenters. The lowest BCUT2D eigenvalue weighted by Gasteiger charge is -2.17. The molecule has 1 aromatic carbocycles. The number of benzene rings is 1. The fourth-order valence-electron chi connectivity index (χ4n) is 2.45. The maximum absolute atomic E-state index is 10.8. The zero-order valence-electron chi connectivity index (χ0n) is 10.4. The molecule has 0 bridgehead atoms. The number of rotatable bonds is 3. The standard InChI is InChI=1S/C13H19N3O2/c14-12-8-7-11(9-13(12)16(17)18)15-10-5-3-1-2-4-6-10/h7-10,15H,1-6,14H2. The normalized spacial score (nSPS) is 17.1. The molecule has 1 fully saturated rings. The highest BCUT2D eigenvalue weighted by molar-refractivity contribution is 5.65. The maximum atomic E-state index is 10.8. The second-order valence-electron chi connectivity index (χ2n) is 4.86. The molecular formula is C13H19N3O2. The van der Waals surface area contributed by atoms with E-state index >= 15 is 0 Å². The van der Waals surface area contributed by atoms with Gasteiger partial charge in [-0.05, 0) is 25.0 Å². The van der Waals surface area contributed by atoms with E-state index in [1.54, 1.807) is 6.07 Å². The van der Waals surface area contributed by atoms with E-state index in [0.717, 1.165) is 18.5 Å². The Morgan fingerprint density at radius 2 is 1.89 bits per heavy atom. The van der Waals surface area contributed by atoms with Gasteiger partial charge in [0.05, 0.1) is 4.92 Å². The van der Waals surface area contributed by atoms with Crippen LogP contribution >= 0.6 is 0 Å². The molecule has 0 amide bonds. The summed E-state index contributed by atoms with van der Waals surface area (Å²) in [6.45, 7) is 0. The summed E-state index contributed by atoms with van der Waals surface area (Å²) in [5.41, 5.74) is 6.57. The summed E-state index contributed by atoms with van der Waals surface area (Å²) in [4.78, 5) is 10.4. The van der Waals surface area contributed by atoms with E-state index in [4.69, 9.17) is 5.73 Å². The van der Waals surface area contributed by atoms with Crippen LogP contribution in [0.5, 0.6) is 0 Å². The van der Waals surface area contributed by atoms with Gasteiger partial charge in [-0.1, -0.05) is 25.7 Å². The Bertz CT molecular complexity index is 426. The van der Waals surface area contributed by atoms with Crippen molar-refractivity contribution in [2.75, 3.05) is 11.1 Å². The average molecular weight is 249 g/mol. The molecule has 1 aliphatic rings. The summed E-state index contributed by atoms with van der Waals surface area (Å²) in [7, 11) is 0. The predicted octanol–water partition coefficient (Wildman–Crippen LogP) is 3.31. The van der Waals surface area contributed by atoms with E-state index in [-0.39, 0.29) is 11.4 Å². The molecule has 0 radical (unpaired) electrons. The van der Waals surface area contributed by atoms with Crippen LogP contribution in [-0.2, 0) is 0 Å². The average Bonchev–Trinajstić information content (AvgIpc) is 2.60. The molecule has 1 aromatic rings. The Labute approximate surface area is 107 Å². The molecule has 0 spiro atoms. The number of hydrogen-bond donors (Lipinski definition) is 2. The Morgan fingerprint density at radius 1 is 1.22 bits per heavy atom. The number of nitro groups is 1. The minimum atomic E-state index is -0.437. The van der Waals surface area contributed by atoms with Crippen LogP contribution < -0.4 is 11.1 Å². The second-order valence-corrected chi connectivity index (χ2v) is 4.86. The highest BCUT2D eigenvalue weighted by Gasteiger charge is 2.15. The largest absolute Gasteiger partial charge is 0.393 e. The first kappa shape index (κ1) is 12.7. The minimum Gasteiger partial charge on any atom is -0.393 e. The monoisotopic (exact) mass is 249 g/mol. The lowest BCUT2D eigenvalue weighted by atomic mass is 10.1. The summed E-state index contributed by atoms with van der Waals surface area (Å²) in [5.74, 6) is 0. The number of nitrogen functional groups attached to an aromatic ring is 1. The lowest BCUT2D eigenvalue weighted by molar-refractivity contribution is -0.383. The van der Waals surface area contributed by atoms with Gasteiger partial charge in [0.25, 0.3) is 5.69 Å². The molecule has 0 aromatic heterocycles. The summed E-state index contributed by atoms with van der Waals surface area (Å²) >= 11 is 0. The van der Waals surface area contributed by atoms with Crippen molar-refractivity contribution in [2.45, 2.75) is 44.6 Å². The van der Waals surface area contributed by atoms with Crippen molar-refractivity contribution >= 4 is 17.1 Å². The highest BCUT2D eigenvalue weighted by Crippen LogP contribution is 2.27. The van der Waals surface area contributed by atoms with Gasteiger partial charge in [0.2, 0.25) is 0 Å². The van der Waals surface area contributed by atoms with Crippen LogP contribution in [0.15, 0.2) is 18.2 Å². The summed E-state index contributed by atoms with van der Waals surface area (Å²) in [5, 5.41) is 14.2. The number of hydrogen-bond acceptors (Lipinski definition) is 4. The SMILES string of the molecule is Nc1ccc(NC2CCCCCC2)cc1[N+](=O)[O-]. The first-order chi connectivity index (χ1) is 8.66. The Balaban J connectivity index is 2.08. The first-order valence-electron chi connectivity index (χ1n) is 6.47. The number of nitrogens with one attached hydrogen (secondary N) is 1. The predicted molar refractivity (Wildman–Crippen MR) is 72.6 cm³/mol. The molecule has 18 heavy (non-hydrogen) atoms. The molecule has 0 atom stereocenters. The van der Waals surface area contributed by atoms with Crippen molar-refractivity contribution in [3.8, 4) is 0 Å².